The Balaban J connectivity index is 1.77. The maximum absolute atomic E-state index is 9.57. The van der Waals surface area contributed by atoms with Crippen LogP contribution in [-0.4, -0.2) is 42.3 Å². The molecule has 3 heteroatoms. The van der Waals surface area contributed by atoms with E-state index in [4.69, 9.17) is 0 Å². The molecule has 1 aliphatic rings. The van der Waals surface area contributed by atoms with Gasteiger partial charge in [-0.2, -0.15) is 0 Å². The van der Waals surface area contributed by atoms with Crippen LogP contribution in [0.3, 0.4) is 0 Å². The van der Waals surface area contributed by atoms with E-state index in [1.807, 2.05) is 0 Å². The van der Waals surface area contributed by atoms with Crippen molar-refractivity contribution in [3.63, 3.8) is 0 Å². The van der Waals surface area contributed by atoms with Gasteiger partial charge >= 0.3 is 0 Å². The molecule has 1 atom stereocenters. The molecular weight excluding hydrogens is 284 g/mol. The van der Waals surface area contributed by atoms with E-state index in [1.165, 1.54) is 12.0 Å². The average Bonchev–Trinajstić information content (AvgIpc) is 2.52. The zero-order valence-electron chi connectivity index (χ0n) is 15.1. The first kappa shape index (κ1) is 18.4. The summed E-state index contributed by atoms with van der Waals surface area (Å²) in [4.78, 5) is 2.48. The van der Waals surface area contributed by atoms with E-state index in [0.29, 0.717) is 11.5 Å². The molecule has 1 aliphatic heterocycles. The highest BCUT2D eigenvalue weighted by atomic mass is 16.3. The van der Waals surface area contributed by atoms with Crippen LogP contribution in [0.1, 0.15) is 58.1 Å². The van der Waals surface area contributed by atoms with Crippen molar-refractivity contribution in [2.75, 3.05) is 26.2 Å². The molecule has 1 heterocycles. The van der Waals surface area contributed by atoms with E-state index in [1.54, 1.807) is 0 Å². The van der Waals surface area contributed by atoms with Gasteiger partial charge in [0.25, 0.3) is 0 Å². The summed E-state index contributed by atoms with van der Waals surface area (Å²) in [5.41, 5.74) is 1.71. The fraction of sp³-hybridized carbons (Fsp3) is 0.700. The summed E-state index contributed by atoms with van der Waals surface area (Å²) in [6, 6.07) is 11.2. The first-order chi connectivity index (χ1) is 10.9. The summed E-state index contributed by atoms with van der Waals surface area (Å²) in [5, 5.41) is 13.3. The van der Waals surface area contributed by atoms with Gasteiger partial charge in [-0.15, -0.1) is 0 Å². The van der Waals surface area contributed by atoms with Crippen molar-refractivity contribution in [2.45, 2.75) is 58.6 Å². The third kappa shape index (κ3) is 7.03. The van der Waals surface area contributed by atoms with E-state index < -0.39 is 0 Å². The van der Waals surface area contributed by atoms with Gasteiger partial charge in [-0.25, -0.2) is 0 Å². The van der Waals surface area contributed by atoms with Crippen LogP contribution in [0.4, 0.5) is 0 Å². The topological polar surface area (TPSA) is 35.5 Å². The summed E-state index contributed by atoms with van der Waals surface area (Å²) < 4.78 is 0. The molecule has 2 N–H and O–H groups in total. The van der Waals surface area contributed by atoms with Gasteiger partial charge in [0.2, 0.25) is 0 Å². The van der Waals surface area contributed by atoms with Crippen molar-refractivity contribution in [3.05, 3.63) is 35.9 Å². The highest BCUT2D eigenvalue weighted by Gasteiger charge is 2.20. The monoisotopic (exact) mass is 318 g/mol. The van der Waals surface area contributed by atoms with Gasteiger partial charge in [-0.05, 0) is 49.8 Å². The Hall–Kier alpha value is -0.900. The lowest BCUT2D eigenvalue weighted by molar-refractivity contribution is 0.0819. The quantitative estimate of drug-likeness (QED) is 0.754. The van der Waals surface area contributed by atoms with E-state index in [0.717, 1.165) is 45.4 Å². The summed E-state index contributed by atoms with van der Waals surface area (Å²) in [6.45, 7) is 11.2. The predicted molar refractivity (Wildman–Crippen MR) is 97.6 cm³/mol. The standard InChI is InChI=1S/C20H34N2O/c1-20(2,3)16-19(17-8-5-4-6-9-17)21-12-7-13-22-14-10-18(23)11-15-22/h4-6,8-9,18-19,21,23H,7,10-16H2,1-3H3. The maximum atomic E-state index is 9.57. The second-order valence-electron chi connectivity index (χ2n) is 8.11. The van der Waals surface area contributed by atoms with Crippen molar-refractivity contribution in [3.8, 4) is 0 Å². The normalized spacial score (nSPS) is 19.0. The molecule has 1 saturated heterocycles. The summed E-state index contributed by atoms with van der Waals surface area (Å²) in [5.74, 6) is 0. The Kier molecular flexibility index (Phi) is 7.07. The molecule has 0 spiro atoms. The van der Waals surface area contributed by atoms with E-state index in [-0.39, 0.29) is 6.10 Å². The second kappa shape index (κ2) is 8.81. The minimum atomic E-state index is -0.0707. The number of hydrogen-bond donors (Lipinski definition) is 2. The molecule has 0 aliphatic carbocycles. The summed E-state index contributed by atoms with van der Waals surface area (Å²) in [7, 11) is 0. The molecule has 1 aromatic carbocycles. The van der Waals surface area contributed by atoms with Crippen molar-refractivity contribution < 1.29 is 5.11 Å². The van der Waals surface area contributed by atoms with Gasteiger partial charge in [0.1, 0.15) is 0 Å². The van der Waals surface area contributed by atoms with Gasteiger partial charge in [0, 0.05) is 19.1 Å². The molecule has 23 heavy (non-hydrogen) atoms. The smallest absolute Gasteiger partial charge is 0.0564 e. The van der Waals surface area contributed by atoms with Crippen LogP contribution < -0.4 is 5.32 Å². The number of rotatable bonds is 7. The van der Waals surface area contributed by atoms with Gasteiger partial charge in [-0.3, -0.25) is 0 Å². The molecule has 130 valence electrons. The van der Waals surface area contributed by atoms with E-state index in [9.17, 15) is 5.11 Å². The van der Waals surface area contributed by atoms with Crippen LogP contribution in [0.5, 0.6) is 0 Å². The number of benzene rings is 1. The van der Waals surface area contributed by atoms with Crippen LogP contribution in [0.15, 0.2) is 30.3 Å². The number of likely N-dealkylation sites (tertiary alicyclic amines) is 1. The second-order valence-corrected chi connectivity index (χ2v) is 8.11. The van der Waals surface area contributed by atoms with Crippen molar-refractivity contribution in [2.24, 2.45) is 5.41 Å². The molecule has 0 saturated carbocycles. The number of nitrogens with zero attached hydrogens (tertiary/aromatic N) is 1. The molecule has 3 nitrogen and oxygen atoms in total. The SMILES string of the molecule is CC(C)(C)CC(NCCCN1CCC(O)CC1)c1ccccc1. The van der Waals surface area contributed by atoms with Crippen molar-refractivity contribution >= 4 is 0 Å². The zero-order valence-corrected chi connectivity index (χ0v) is 15.1. The van der Waals surface area contributed by atoms with Crippen LogP contribution in [0, 0.1) is 5.41 Å². The Morgan fingerprint density at radius 2 is 1.83 bits per heavy atom. The van der Waals surface area contributed by atoms with Gasteiger partial charge < -0.3 is 15.3 Å². The van der Waals surface area contributed by atoms with E-state index in [2.05, 4.69) is 61.3 Å². The average molecular weight is 319 g/mol. The largest absolute Gasteiger partial charge is 0.393 e. The highest BCUT2D eigenvalue weighted by molar-refractivity contribution is 5.19. The molecule has 0 aromatic heterocycles. The minimum absolute atomic E-state index is 0.0707. The van der Waals surface area contributed by atoms with Gasteiger partial charge in [0.15, 0.2) is 0 Å². The van der Waals surface area contributed by atoms with Crippen LogP contribution in [0.2, 0.25) is 0 Å². The lowest BCUT2D eigenvalue weighted by Crippen LogP contribution is -2.37. The van der Waals surface area contributed by atoms with E-state index >= 15 is 0 Å². The number of hydrogen-bond acceptors (Lipinski definition) is 3. The Morgan fingerprint density at radius 3 is 2.43 bits per heavy atom. The highest BCUT2D eigenvalue weighted by Crippen LogP contribution is 2.29. The van der Waals surface area contributed by atoms with Crippen LogP contribution in [0.25, 0.3) is 0 Å². The van der Waals surface area contributed by atoms with Gasteiger partial charge in [-0.1, -0.05) is 51.1 Å². The molecule has 0 amide bonds. The fourth-order valence-electron chi connectivity index (χ4n) is 3.33. The molecule has 0 bridgehead atoms. The summed E-state index contributed by atoms with van der Waals surface area (Å²) >= 11 is 0. The van der Waals surface area contributed by atoms with Gasteiger partial charge in [0.05, 0.1) is 6.10 Å². The van der Waals surface area contributed by atoms with Crippen molar-refractivity contribution in [1.82, 2.24) is 10.2 Å². The van der Waals surface area contributed by atoms with Crippen molar-refractivity contribution in [1.29, 1.82) is 0 Å². The molecular formula is C20H34N2O. The number of aliphatic hydroxyl groups excluding tert-OH is 1. The fourth-order valence-corrected chi connectivity index (χ4v) is 3.33. The Morgan fingerprint density at radius 1 is 1.17 bits per heavy atom. The lowest BCUT2D eigenvalue weighted by Gasteiger charge is -2.30. The minimum Gasteiger partial charge on any atom is -0.393 e. The molecule has 2 rings (SSSR count). The third-order valence-electron chi connectivity index (χ3n) is 4.62. The first-order valence-corrected chi connectivity index (χ1v) is 9.13. The van der Waals surface area contributed by atoms with Crippen LogP contribution in [-0.2, 0) is 0 Å². The number of nitrogens with one attached hydrogen (secondary N) is 1. The molecule has 1 fully saturated rings. The maximum Gasteiger partial charge on any atom is 0.0564 e. The Labute approximate surface area is 142 Å². The zero-order chi connectivity index (χ0) is 16.7. The first-order valence-electron chi connectivity index (χ1n) is 9.13. The third-order valence-corrected chi connectivity index (χ3v) is 4.62. The lowest BCUT2D eigenvalue weighted by atomic mass is 9.85. The summed E-state index contributed by atoms with van der Waals surface area (Å²) in [6.07, 6.45) is 4.11. The molecule has 1 aromatic rings. The number of aliphatic hydroxyl groups is 1. The molecule has 1 unspecified atom stereocenters. The molecule has 0 radical (unpaired) electrons. The van der Waals surface area contributed by atoms with Crippen LogP contribution >= 0.6 is 0 Å². The predicted octanol–water partition coefficient (Wildman–Crippen LogP) is 3.60. The number of piperidine rings is 1. The Bertz CT molecular complexity index is 433.